The highest BCUT2D eigenvalue weighted by Crippen LogP contribution is 2.23. The van der Waals surface area contributed by atoms with Gasteiger partial charge in [-0.3, -0.25) is 4.79 Å². The lowest BCUT2D eigenvalue weighted by atomic mass is 9.98. The van der Waals surface area contributed by atoms with Crippen LogP contribution in [-0.4, -0.2) is 4.98 Å². The van der Waals surface area contributed by atoms with E-state index in [2.05, 4.69) is 11.1 Å². The topological polar surface area (TPSA) is 56.6 Å². The summed E-state index contributed by atoms with van der Waals surface area (Å²) < 4.78 is 0. The molecular weight excluding hydrogens is 236 g/mol. The summed E-state index contributed by atoms with van der Waals surface area (Å²) in [4.78, 5) is 14.8. The third-order valence-electron chi connectivity index (χ3n) is 3.24. The third kappa shape index (κ3) is 2.58. The molecule has 1 heterocycles. The number of aromatic nitrogens is 1. The molecule has 0 atom stereocenters. The number of hydrogen-bond acceptors (Lipinski definition) is 2. The van der Waals surface area contributed by atoms with Crippen LogP contribution in [0.4, 0.5) is 0 Å². The minimum atomic E-state index is -0.0143. The van der Waals surface area contributed by atoms with Crippen LogP contribution in [0.2, 0.25) is 0 Å². The Labute approximate surface area is 112 Å². The molecule has 0 bridgehead atoms. The molecule has 2 aromatic rings. The standard InChI is InChI=1S/C16H16N2O/c1-3-12-9-14(15(4-2)18-16(12)19)13-7-5-6-11(8-13)10-17/h5-9H,3-4H2,1-2H3,(H,18,19). The van der Waals surface area contributed by atoms with E-state index < -0.39 is 0 Å². The van der Waals surface area contributed by atoms with Crippen molar-refractivity contribution >= 4 is 0 Å². The van der Waals surface area contributed by atoms with Crippen LogP contribution in [-0.2, 0) is 12.8 Å². The fourth-order valence-corrected chi connectivity index (χ4v) is 2.17. The normalized spacial score (nSPS) is 10.2. The van der Waals surface area contributed by atoms with Gasteiger partial charge in [0.25, 0.3) is 5.56 Å². The van der Waals surface area contributed by atoms with Crippen molar-refractivity contribution in [2.75, 3.05) is 0 Å². The molecule has 0 radical (unpaired) electrons. The maximum Gasteiger partial charge on any atom is 0.251 e. The molecule has 3 heteroatoms. The molecule has 2 rings (SSSR count). The number of nitrogens with one attached hydrogen (secondary N) is 1. The molecule has 0 aliphatic rings. The number of hydrogen-bond donors (Lipinski definition) is 1. The number of nitriles is 1. The number of aromatic amines is 1. The van der Waals surface area contributed by atoms with Gasteiger partial charge in [0.15, 0.2) is 0 Å². The van der Waals surface area contributed by atoms with Gasteiger partial charge >= 0.3 is 0 Å². The van der Waals surface area contributed by atoms with Crippen molar-refractivity contribution in [3.05, 3.63) is 57.5 Å². The van der Waals surface area contributed by atoms with E-state index >= 15 is 0 Å². The molecule has 96 valence electrons. The lowest BCUT2D eigenvalue weighted by molar-refractivity contribution is 0.975. The van der Waals surface area contributed by atoms with E-state index in [1.54, 1.807) is 6.07 Å². The van der Waals surface area contributed by atoms with Gasteiger partial charge in [-0.05, 0) is 36.6 Å². The molecule has 0 saturated heterocycles. The zero-order chi connectivity index (χ0) is 13.8. The van der Waals surface area contributed by atoms with Crippen LogP contribution < -0.4 is 5.56 Å². The quantitative estimate of drug-likeness (QED) is 0.912. The highest BCUT2D eigenvalue weighted by Gasteiger charge is 2.09. The first kappa shape index (κ1) is 13.1. The first-order chi connectivity index (χ1) is 9.19. The second kappa shape index (κ2) is 5.53. The number of H-pyrrole nitrogens is 1. The van der Waals surface area contributed by atoms with Crippen LogP contribution in [0.1, 0.15) is 30.7 Å². The van der Waals surface area contributed by atoms with Crippen molar-refractivity contribution in [1.29, 1.82) is 5.26 Å². The molecule has 1 aromatic heterocycles. The number of rotatable bonds is 3. The summed E-state index contributed by atoms with van der Waals surface area (Å²) in [5.41, 5.74) is 4.29. The van der Waals surface area contributed by atoms with Crippen LogP contribution in [0.5, 0.6) is 0 Å². The smallest absolute Gasteiger partial charge is 0.251 e. The minimum Gasteiger partial charge on any atom is -0.325 e. The van der Waals surface area contributed by atoms with Crippen LogP contribution >= 0.6 is 0 Å². The summed E-state index contributed by atoms with van der Waals surface area (Å²) in [6, 6.07) is 11.5. The number of benzene rings is 1. The molecule has 0 amide bonds. The van der Waals surface area contributed by atoms with Gasteiger partial charge in [-0.1, -0.05) is 26.0 Å². The summed E-state index contributed by atoms with van der Waals surface area (Å²) in [5, 5.41) is 8.97. The molecule has 0 aliphatic carbocycles. The van der Waals surface area contributed by atoms with Crippen molar-refractivity contribution < 1.29 is 0 Å². The van der Waals surface area contributed by atoms with Crippen molar-refractivity contribution in [3.63, 3.8) is 0 Å². The first-order valence-electron chi connectivity index (χ1n) is 6.45. The average Bonchev–Trinajstić information content (AvgIpc) is 2.46. The first-order valence-corrected chi connectivity index (χ1v) is 6.45. The molecule has 1 aromatic carbocycles. The Balaban J connectivity index is 2.66. The highest BCUT2D eigenvalue weighted by molar-refractivity contribution is 5.68. The summed E-state index contributed by atoms with van der Waals surface area (Å²) >= 11 is 0. The van der Waals surface area contributed by atoms with Gasteiger partial charge in [0.05, 0.1) is 11.6 Å². The van der Waals surface area contributed by atoms with Gasteiger partial charge in [0.2, 0.25) is 0 Å². The molecule has 0 aliphatic heterocycles. The lowest BCUT2D eigenvalue weighted by Crippen LogP contribution is -2.14. The number of pyridine rings is 1. The number of aryl methyl sites for hydroxylation is 2. The predicted molar refractivity (Wildman–Crippen MR) is 76.0 cm³/mol. The van der Waals surface area contributed by atoms with Gasteiger partial charge < -0.3 is 4.98 Å². The molecule has 1 N–H and O–H groups in total. The van der Waals surface area contributed by atoms with Gasteiger partial charge in [0.1, 0.15) is 0 Å². The Bertz CT molecular complexity index is 693. The summed E-state index contributed by atoms with van der Waals surface area (Å²) in [5.74, 6) is 0. The van der Waals surface area contributed by atoms with Crippen LogP contribution in [0, 0.1) is 11.3 Å². The van der Waals surface area contributed by atoms with E-state index in [0.29, 0.717) is 12.0 Å². The van der Waals surface area contributed by atoms with Crippen molar-refractivity contribution in [1.82, 2.24) is 4.98 Å². The third-order valence-corrected chi connectivity index (χ3v) is 3.24. The largest absolute Gasteiger partial charge is 0.325 e. The van der Waals surface area contributed by atoms with E-state index in [1.165, 1.54) is 0 Å². The summed E-state index contributed by atoms with van der Waals surface area (Å²) in [6.07, 6.45) is 1.45. The molecule has 0 saturated carbocycles. The Morgan fingerprint density at radius 1 is 1.21 bits per heavy atom. The van der Waals surface area contributed by atoms with Crippen molar-refractivity contribution in [2.24, 2.45) is 0 Å². The fourth-order valence-electron chi connectivity index (χ4n) is 2.17. The molecule has 0 spiro atoms. The maximum atomic E-state index is 11.8. The van der Waals surface area contributed by atoms with E-state index in [1.807, 2.05) is 38.1 Å². The lowest BCUT2D eigenvalue weighted by Gasteiger charge is -2.10. The minimum absolute atomic E-state index is 0.0143. The van der Waals surface area contributed by atoms with Gasteiger partial charge in [-0.15, -0.1) is 0 Å². The predicted octanol–water partition coefficient (Wildman–Crippen LogP) is 3.04. The average molecular weight is 252 g/mol. The van der Waals surface area contributed by atoms with Gasteiger partial charge in [0, 0.05) is 16.8 Å². The zero-order valence-electron chi connectivity index (χ0n) is 11.2. The summed E-state index contributed by atoms with van der Waals surface area (Å²) in [6.45, 7) is 3.97. The van der Waals surface area contributed by atoms with Crippen LogP contribution in [0.3, 0.4) is 0 Å². The van der Waals surface area contributed by atoms with Gasteiger partial charge in [-0.25, -0.2) is 0 Å². The SMILES string of the molecule is CCc1[nH]c(=O)c(CC)cc1-c1cccc(C#N)c1. The molecule has 19 heavy (non-hydrogen) atoms. The van der Waals surface area contributed by atoms with E-state index in [-0.39, 0.29) is 5.56 Å². The van der Waals surface area contributed by atoms with E-state index in [0.717, 1.165) is 28.8 Å². The Hall–Kier alpha value is -2.34. The van der Waals surface area contributed by atoms with Crippen LogP contribution in [0.15, 0.2) is 35.1 Å². The monoisotopic (exact) mass is 252 g/mol. The Morgan fingerprint density at radius 3 is 2.63 bits per heavy atom. The number of nitrogens with zero attached hydrogens (tertiary/aromatic N) is 1. The van der Waals surface area contributed by atoms with Crippen LogP contribution in [0.25, 0.3) is 11.1 Å². The molecular formula is C16H16N2O. The highest BCUT2D eigenvalue weighted by atomic mass is 16.1. The molecule has 0 fully saturated rings. The van der Waals surface area contributed by atoms with Crippen molar-refractivity contribution in [3.8, 4) is 17.2 Å². The summed E-state index contributed by atoms with van der Waals surface area (Å²) in [7, 11) is 0. The second-order valence-electron chi connectivity index (χ2n) is 4.42. The molecule has 0 unspecified atom stereocenters. The zero-order valence-corrected chi connectivity index (χ0v) is 11.2. The van der Waals surface area contributed by atoms with Gasteiger partial charge in [-0.2, -0.15) is 5.26 Å². The van der Waals surface area contributed by atoms with E-state index in [9.17, 15) is 4.79 Å². The second-order valence-corrected chi connectivity index (χ2v) is 4.42. The fraction of sp³-hybridized carbons (Fsp3) is 0.250. The van der Waals surface area contributed by atoms with E-state index in [4.69, 9.17) is 5.26 Å². The van der Waals surface area contributed by atoms with Crippen molar-refractivity contribution in [2.45, 2.75) is 26.7 Å². The Kier molecular flexibility index (Phi) is 3.82. The molecule has 3 nitrogen and oxygen atoms in total. The maximum absolute atomic E-state index is 11.8. The Morgan fingerprint density at radius 2 is 2.00 bits per heavy atom.